The average Bonchev–Trinajstić information content (AvgIpc) is 1.58. The molecule has 21 heteroatoms. The Morgan fingerprint density at radius 1 is 0.874 bits per heavy atom. The van der Waals surface area contributed by atoms with Crippen molar-refractivity contribution in [1.82, 2.24) is 29.5 Å². The molecule has 0 saturated carbocycles. The molecule has 7 aromatic rings. The average molecular weight is 1260 g/mol. The van der Waals surface area contributed by atoms with Crippen molar-refractivity contribution in [3.05, 3.63) is 142 Å². The zero-order valence-corrected chi connectivity index (χ0v) is 56.2. The third kappa shape index (κ3) is 18.0. The van der Waals surface area contributed by atoms with Gasteiger partial charge in [0.15, 0.2) is 38.8 Å². The SMILES string of the molecule is COC(=O)c1nc(N(CCCC(CN2CCOCC2)O[Si](c2ccccc2)(c2ccccc2)C(C)(C)C)c2cc(C)c(N=c3sc4ccccc4n3COCC[Si](C)(C)C)nn2)sc1CCCOc1ccc(C#CCN(C)C(=O)OC(C)(C)C)cc1F. The number of para-hydroxylation sites is 1. The van der Waals surface area contributed by atoms with Gasteiger partial charge in [0.25, 0.3) is 8.32 Å². The molecule has 0 N–H and O–H groups in total. The Hall–Kier alpha value is -6.62. The summed E-state index contributed by atoms with van der Waals surface area (Å²) >= 11 is 2.96. The van der Waals surface area contributed by atoms with Crippen LogP contribution in [-0.4, -0.2) is 143 Å². The number of carbonyl (C=O) groups excluding carboxylic acids is 2. The number of methoxy groups -OCH3 is 1. The minimum absolute atomic E-state index is 0.0683. The van der Waals surface area contributed by atoms with E-state index in [1.807, 2.05) is 30.0 Å². The van der Waals surface area contributed by atoms with E-state index in [1.54, 1.807) is 45.2 Å². The first-order valence-electron chi connectivity index (χ1n) is 29.9. The Bertz CT molecular complexity index is 3510. The number of anilines is 2. The number of morpholine rings is 1. The van der Waals surface area contributed by atoms with Gasteiger partial charge in [-0.2, -0.15) is 4.99 Å². The number of hydrogen-bond donors (Lipinski definition) is 0. The van der Waals surface area contributed by atoms with Crippen molar-refractivity contribution in [2.24, 2.45) is 4.99 Å². The van der Waals surface area contributed by atoms with Gasteiger partial charge >= 0.3 is 12.1 Å². The highest BCUT2D eigenvalue weighted by Gasteiger charge is 2.51. The summed E-state index contributed by atoms with van der Waals surface area (Å²) in [5.41, 5.74) is 1.82. The van der Waals surface area contributed by atoms with E-state index in [0.717, 1.165) is 46.3 Å². The van der Waals surface area contributed by atoms with Crippen LogP contribution in [0.2, 0.25) is 30.7 Å². The van der Waals surface area contributed by atoms with E-state index in [1.165, 1.54) is 45.9 Å². The number of rotatable bonds is 25. The molecule has 1 aliphatic rings. The lowest BCUT2D eigenvalue weighted by atomic mass is 10.1. The molecule has 1 amide bonds. The fourth-order valence-corrected chi connectivity index (χ4v) is 17.8. The quantitative estimate of drug-likeness (QED) is 0.0231. The van der Waals surface area contributed by atoms with Crippen LogP contribution in [0, 0.1) is 24.6 Å². The zero-order valence-electron chi connectivity index (χ0n) is 52.6. The summed E-state index contributed by atoms with van der Waals surface area (Å²) in [6.07, 6.45) is 1.50. The number of aryl methyl sites for hydroxylation is 2. The van der Waals surface area contributed by atoms with Gasteiger partial charge < -0.3 is 37.9 Å². The topological polar surface area (TPSA) is 155 Å². The predicted molar refractivity (Wildman–Crippen MR) is 351 cm³/mol. The fraction of sp³-hybridized carbons (Fsp3) is 0.455. The van der Waals surface area contributed by atoms with Gasteiger partial charge in [-0.3, -0.25) is 9.47 Å². The van der Waals surface area contributed by atoms with Crippen molar-refractivity contribution < 1.29 is 42.1 Å². The minimum atomic E-state index is -2.99. The summed E-state index contributed by atoms with van der Waals surface area (Å²) in [5.74, 6) is 5.76. The van der Waals surface area contributed by atoms with Crippen LogP contribution in [-0.2, 0) is 36.5 Å². The van der Waals surface area contributed by atoms with E-state index < -0.39 is 39.9 Å². The number of nitrogens with zero attached hydrogens (tertiary/aromatic N) is 8. The molecule has 0 aliphatic carbocycles. The molecule has 1 fully saturated rings. The first-order chi connectivity index (χ1) is 41.5. The van der Waals surface area contributed by atoms with E-state index >= 15 is 4.39 Å². The molecule has 8 rings (SSSR count). The highest BCUT2D eigenvalue weighted by molar-refractivity contribution is 7.16. The Morgan fingerprint density at radius 3 is 2.21 bits per heavy atom. The second kappa shape index (κ2) is 30.1. The summed E-state index contributed by atoms with van der Waals surface area (Å²) in [4.78, 5) is 43.5. The number of amides is 1. The third-order valence-corrected chi connectivity index (χ3v) is 23.7. The molecular formula is C66H85FN8O8S2Si2. The smallest absolute Gasteiger partial charge is 0.410 e. The van der Waals surface area contributed by atoms with Gasteiger partial charge in [-0.05, 0) is 117 Å². The summed E-state index contributed by atoms with van der Waals surface area (Å²) in [6.45, 7) is 26.7. The standard InChI is InChI=1S/C66H85FN8O8S2Si2/c1-48-44-58(70-71-60(48)69-63-75(47-80-42-43-86(10,11)12)54-30-19-20-31-56(54)84-63)74(36-22-25-50(46-73-37-40-79-41-38-73)83-87(66(5,6)7,51-26-15-13-16-27-51)52-28-17-14-18-29-52)62-68-59(61(76)78-9)57(85-62)32-23-39-81-55-34-33-49(45-53(55)67)24-21-35-72(8)64(77)82-65(2,3)4/h13-20,26-31,33-34,44-45,50H,22-23,25,32,35-43,46-47H2,1-12H3. The molecule has 3 aromatic heterocycles. The number of thiazole rings is 2. The van der Waals surface area contributed by atoms with Crippen LogP contribution in [0.3, 0.4) is 0 Å². The molecule has 1 aliphatic heterocycles. The second-order valence-corrected chi connectivity index (χ2v) is 37.0. The lowest BCUT2D eigenvalue weighted by Gasteiger charge is -2.46. The number of esters is 1. The second-order valence-electron chi connectivity index (χ2n) is 25.1. The van der Waals surface area contributed by atoms with Crippen LogP contribution in [0.25, 0.3) is 10.2 Å². The first kappa shape index (κ1) is 66.3. The number of ether oxygens (including phenoxy) is 5. The molecule has 16 nitrogen and oxygen atoms in total. The summed E-state index contributed by atoms with van der Waals surface area (Å²) in [6, 6.07) is 37.3. The molecule has 4 heterocycles. The maximum Gasteiger partial charge on any atom is 0.410 e. The third-order valence-electron chi connectivity index (χ3n) is 14.7. The van der Waals surface area contributed by atoms with Gasteiger partial charge in [-0.15, -0.1) is 21.5 Å². The van der Waals surface area contributed by atoms with Gasteiger partial charge in [-0.25, -0.2) is 19.0 Å². The number of benzene rings is 4. The highest BCUT2D eigenvalue weighted by Crippen LogP contribution is 2.39. The van der Waals surface area contributed by atoms with Crippen LogP contribution in [0.5, 0.6) is 5.75 Å². The molecule has 4 aromatic carbocycles. The van der Waals surface area contributed by atoms with E-state index in [9.17, 15) is 9.59 Å². The maximum absolute atomic E-state index is 15.5. The van der Waals surface area contributed by atoms with Crippen molar-refractivity contribution >= 4 is 88.5 Å². The van der Waals surface area contributed by atoms with Gasteiger partial charge in [0.2, 0.25) is 0 Å². The Kier molecular flexibility index (Phi) is 22.9. The van der Waals surface area contributed by atoms with Crippen LogP contribution in [0.1, 0.15) is 87.3 Å². The number of carbonyl (C=O) groups is 2. The van der Waals surface area contributed by atoms with Gasteiger partial charge in [0.05, 0.1) is 49.8 Å². The van der Waals surface area contributed by atoms with Crippen LogP contribution in [0.4, 0.5) is 26.0 Å². The fourth-order valence-electron chi connectivity index (χ4n) is 10.2. The molecular weight excluding hydrogens is 1170 g/mol. The number of fused-ring (bicyclic) bond motifs is 1. The minimum Gasteiger partial charge on any atom is -0.491 e. The van der Waals surface area contributed by atoms with Crippen LogP contribution >= 0.6 is 22.7 Å². The van der Waals surface area contributed by atoms with E-state index in [2.05, 4.69) is 135 Å². The predicted octanol–water partition coefficient (Wildman–Crippen LogP) is 12.2. The molecule has 1 atom stereocenters. The highest BCUT2D eigenvalue weighted by atomic mass is 32.1. The molecule has 464 valence electrons. The molecule has 1 saturated heterocycles. The summed E-state index contributed by atoms with van der Waals surface area (Å²) < 4.78 is 55.4. The number of aromatic nitrogens is 4. The zero-order chi connectivity index (χ0) is 62.4. The maximum atomic E-state index is 15.5. The monoisotopic (exact) mass is 1260 g/mol. The first-order valence-corrected chi connectivity index (χ1v) is 37.1. The molecule has 1 unspecified atom stereocenters. The van der Waals surface area contributed by atoms with E-state index in [0.29, 0.717) is 86.0 Å². The van der Waals surface area contributed by atoms with Crippen LogP contribution < -0.4 is 24.8 Å². The Morgan fingerprint density at radius 2 is 1.56 bits per heavy atom. The number of halogens is 1. The normalized spacial score (nSPS) is 13.9. The van der Waals surface area contributed by atoms with Crippen molar-refractivity contribution in [2.75, 3.05) is 78.2 Å². The number of hydrogen-bond acceptors (Lipinski definition) is 16. The molecule has 0 radical (unpaired) electrons. The Labute approximate surface area is 522 Å². The van der Waals surface area contributed by atoms with Crippen LogP contribution in [0.15, 0.2) is 114 Å². The largest absolute Gasteiger partial charge is 0.491 e. The van der Waals surface area contributed by atoms with Gasteiger partial charge in [0.1, 0.15) is 12.3 Å². The summed E-state index contributed by atoms with van der Waals surface area (Å²) in [5, 5.41) is 12.4. The van der Waals surface area contributed by atoms with Crippen molar-refractivity contribution in [2.45, 2.75) is 123 Å². The Balaban J connectivity index is 1.09. The summed E-state index contributed by atoms with van der Waals surface area (Å²) in [7, 11) is -1.35. The van der Waals surface area contributed by atoms with E-state index in [-0.39, 0.29) is 35.7 Å². The van der Waals surface area contributed by atoms with Crippen molar-refractivity contribution in [3.8, 4) is 17.6 Å². The lowest BCUT2D eigenvalue weighted by molar-refractivity contribution is 0.0161. The molecule has 87 heavy (non-hydrogen) atoms. The van der Waals surface area contributed by atoms with Gasteiger partial charge in [-0.1, -0.05) is 136 Å². The van der Waals surface area contributed by atoms with E-state index in [4.69, 9.17) is 48.3 Å². The van der Waals surface area contributed by atoms with Crippen molar-refractivity contribution in [1.29, 1.82) is 0 Å². The molecule has 0 bridgehead atoms. The molecule has 0 spiro atoms. The lowest BCUT2D eigenvalue weighted by Crippen LogP contribution is -2.68. The van der Waals surface area contributed by atoms with Gasteiger partial charge in [0, 0.05) is 58.3 Å². The van der Waals surface area contributed by atoms with Crippen molar-refractivity contribution in [3.63, 3.8) is 0 Å².